The Morgan fingerprint density at radius 2 is 1.90 bits per heavy atom. The van der Waals surface area contributed by atoms with E-state index in [2.05, 4.69) is 15.3 Å². The molecule has 2 aromatic carbocycles. The third kappa shape index (κ3) is 2.94. The van der Waals surface area contributed by atoms with Crippen LogP contribution >= 0.6 is 22.9 Å². The normalized spacial score (nSPS) is 11.9. The first-order valence-corrected chi connectivity index (χ1v) is 11.5. The predicted octanol–water partition coefficient (Wildman–Crippen LogP) is 4.50. The molecule has 0 radical (unpaired) electrons. The summed E-state index contributed by atoms with van der Waals surface area (Å²) in [6, 6.07) is 15.3. The molecule has 0 aliphatic heterocycles. The van der Waals surface area contributed by atoms with Crippen molar-refractivity contribution >= 4 is 48.6 Å². The van der Waals surface area contributed by atoms with Gasteiger partial charge in [0.1, 0.15) is 5.75 Å². The van der Waals surface area contributed by atoms with Crippen molar-refractivity contribution in [1.82, 2.24) is 19.8 Å². The molecule has 5 rings (SSSR count). The molecular weight excluding hydrogens is 444 g/mol. The quantitative estimate of drug-likeness (QED) is 0.395. The van der Waals surface area contributed by atoms with Gasteiger partial charge in [-0.25, -0.2) is 13.4 Å². The molecule has 0 unspecified atom stereocenters. The van der Waals surface area contributed by atoms with E-state index in [4.69, 9.17) is 16.3 Å². The van der Waals surface area contributed by atoms with Gasteiger partial charge < -0.3 is 4.74 Å². The summed E-state index contributed by atoms with van der Waals surface area (Å²) in [6.45, 7) is 0. The van der Waals surface area contributed by atoms with Crippen molar-refractivity contribution < 1.29 is 13.2 Å². The van der Waals surface area contributed by atoms with Crippen LogP contribution in [0.2, 0.25) is 5.02 Å². The van der Waals surface area contributed by atoms with E-state index in [1.54, 1.807) is 19.2 Å². The number of nitrogens with zero attached hydrogens (tertiary/aromatic N) is 4. The Morgan fingerprint density at radius 3 is 2.63 bits per heavy atom. The fourth-order valence-electron chi connectivity index (χ4n) is 3.19. The van der Waals surface area contributed by atoms with Crippen molar-refractivity contribution in [3.63, 3.8) is 0 Å². The zero-order valence-electron chi connectivity index (χ0n) is 15.5. The number of sulfone groups is 1. The molecule has 5 aromatic rings. The summed E-state index contributed by atoms with van der Waals surface area (Å²) in [6.07, 6.45) is 0. The van der Waals surface area contributed by atoms with Gasteiger partial charge in [-0.1, -0.05) is 22.9 Å². The summed E-state index contributed by atoms with van der Waals surface area (Å²) in [7, 11) is -2.37. The van der Waals surface area contributed by atoms with E-state index in [9.17, 15) is 8.42 Å². The highest BCUT2D eigenvalue weighted by Crippen LogP contribution is 2.34. The number of rotatable bonds is 4. The standard InChI is InChI=1S/C20H13ClN4O3S2/c1-28-14-7-5-12(6-8-14)17-18-16(9-10-29-18)25-19(22-17)20(23-24-25)30(26,27)15-4-2-3-13(21)11-15/h2-11H,1H3. The monoisotopic (exact) mass is 456 g/mol. The van der Waals surface area contributed by atoms with Crippen LogP contribution in [0.5, 0.6) is 5.75 Å². The zero-order valence-corrected chi connectivity index (χ0v) is 17.9. The molecule has 0 aliphatic rings. The second-order valence-electron chi connectivity index (χ2n) is 6.41. The Bertz CT molecular complexity index is 1510. The molecule has 0 spiro atoms. The summed E-state index contributed by atoms with van der Waals surface area (Å²) >= 11 is 7.49. The maximum absolute atomic E-state index is 13.2. The molecule has 3 heterocycles. The van der Waals surface area contributed by atoms with Crippen LogP contribution in [0.25, 0.3) is 27.1 Å². The van der Waals surface area contributed by atoms with Gasteiger partial charge in [0.25, 0.3) is 0 Å². The van der Waals surface area contributed by atoms with Gasteiger partial charge in [-0.2, -0.15) is 4.52 Å². The smallest absolute Gasteiger partial charge is 0.229 e. The highest BCUT2D eigenvalue weighted by Gasteiger charge is 2.27. The molecule has 7 nitrogen and oxygen atoms in total. The minimum absolute atomic E-state index is 0.0376. The summed E-state index contributed by atoms with van der Waals surface area (Å²) in [5, 5.41) is 10.1. The van der Waals surface area contributed by atoms with Crippen LogP contribution in [0.1, 0.15) is 0 Å². The lowest BCUT2D eigenvalue weighted by Crippen LogP contribution is -2.04. The molecule has 150 valence electrons. The average Bonchev–Trinajstić information content (AvgIpc) is 3.40. The highest BCUT2D eigenvalue weighted by atomic mass is 35.5. The van der Waals surface area contributed by atoms with Gasteiger partial charge in [0, 0.05) is 10.6 Å². The summed E-state index contributed by atoms with van der Waals surface area (Å²) < 4.78 is 34.0. The highest BCUT2D eigenvalue weighted by molar-refractivity contribution is 7.91. The van der Waals surface area contributed by atoms with E-state index in [1.165, 1.54) is 28.0 Å². The van der Waals surface area contributed by atoms with Crippen LogP contribution in [0.3, 0.4) is 0 Å². The molecule has 10 heteroatoms. The Labute approximate surface area is 180 Å². The molecule has 0 atom stereocenters. The Hall–Kier alpha value is -3.01. The number of benzene rings is 2. The average molecular weight is 457 g/mol. The largest absolute Gasteiger partial charge is 0.497 e. The first-order valence-electron chi connectivity index (χ1n) is 8.77. The molecule has 30 heavy (non-hydrogen) atoms. The Morgan fingerprint density at radius 1 is 1.10 bits per heavy atom. The maximum Gasteiger partial charge on any atom is 0.229 e. The van der Waals surface area contributed by atoms with Crippen molar-refractivity contribution in [3.8, 4) is 17.0 Å². The van der Waals surface area contributed by atoms with Crippen molar-refractivity contribution in [2.75, 3.05) is 7.11 Å². The van der Waals surface area contributed by atoms with Gasteiger partial charge in [0.2, 0.25) is 14.9 Å². The number of ether oxygens (including phenoxy) is 1. The number of thiophene rings is 1. The van der Waals surface area contributed by atoms with Gasteiger partial charge >= 0.3 is 0 Å². The van der Waals surface area contributed by atoms with Crippen LogP contribution in [0, 0.1) is 0 Å². The van der Waals surface area contributed by atoms with E-state index in [1.807, 2.05) is 35.7 Å². The third-order valence-corrected chi connectivity index (χ3v) is 7.44. The number of aromatic nitrogens is 4. The van der Waals surface area contributed by atoms with Gasteiger partial charge in [-0.15, -0.1) is 16.4 Å². The minimum atomic E-state index is -3.96. The number of hydrogen-bond donors (Lipinski definition) is 0. The lowest BCUT2D eigenvalue weighted by molar-refractivity contribution is 0.415. The van der Waals surface area contributed by atoms with Crippen LogP contribution in [-0.2, 0) is 9.84 Å². The molecule has 0 bridgehead atoms. The molecule has 0 fully saturated rings. The second-order valence-corrected chi connectivity index (χ2v) is 9.63. The van der Waals surface area contributed by atoms with E-state index < -0.39 is 9.84 Å². The SMILES string of the molecule is COc1ccc(-c2nc3c(S(=O)(=O)c4cccc(Cl)c4)nnn3c3ccsc23)cc1. The third-order valence-electron chi connectivity index (χ3n) is 4.65. The summed E-state index contributed by atoms with van der Waals surface area (Å²) in [5.41, 5.74) is 2.38. The molecule has 0 saturated carbocycles. The first kappa shape index (κ1) is 19.0. The molecule has 3 aromatic heterocycles. The summed E-state index contributed by atoms with van der Waals surface area (Å²) in [5.74, 6) is 0.720. The van der Waals surface area contributed by atoms with Crippen molar-refractivity contribution in [2.45, 2.75) is 9.92 Å². The molecule has 0 saturated heterocycles. The lowest BCUT2D eigenvalue weighted by atomic mass is 10.1. The fourth-order valence-corrected chi connectivity index (χ4v) is 5.61. The van der Waals surface area contributed by atoms with Gasteiger partial charge in [0.15, 0.2) is 5.65 Å². The first-order chi connectivity index (χ1) is 14.5. The van der Waals surface area contributed by atoms with Crippen molar-refractivity contribution in [2.24, 2.45) is 0 Å². The van der Waals surface area contributed by atoms with E-state index in [0.29, 0.717) is 10.7 Å². The summed E-state index contributed by atoms with van der Waals surface area (Å²) in [4.78, 5) is 4.71. The lowest BCUT2D eigenvalue weighted by Gasteiger charge is -2.07. The molecular formula is C20H13ClN4O3S2. The van der Waals surface area contributed by atoms with Crippen LogP contribution in [0.15, 0.2) is 69.9 Å². The minimum Gasteiger partial charge on any atom is -0.497 e. The Balaban J connectivity index is 1.78. The number of halogens is 1. The van der Waals surface area contributed by atoms with Crippen molar-refractivity contribution in [3.05, 3.63) is 65.0 Å². The van der Waals surface area contributed by atoms with Gasteiger partial charge in [-0.3, -0.25) is 0 Å². The van der Waals surface area contributed by atoms with Gasteiger partial charge in [0.05, 0.1) is 27.9 Å². The van der Waals surface area contributed by atoms with E-state index in [-0.39, 0.29) is 15.6 Å². The topological polar surface area (TPSA) is 86.5 Å². The molecule has 0 amide bonds. The number of methoxy groups -OCH3 is 1. The van der Waals surface area contributed by atoms with Crippen LogP contribution in [0.4, 0.5) is 0 Å². The second kappa shape index (κ2) is 7.05. The van der Waals surface area contributed by atoms with E-state index in [0.717, 1.165) is 21.5 Å². The van der Waals surface area contributed by atoms with Gasteiger partial charge in [-0.05, 0) is 53.9 Å². The molecule has 0 aliphatic carbocycles. The van der Waals surface area contributed by atoms with E-state index >= 15 is 0 Å². The van der Waals surface area contributed by atoms with Crippen LogP contribution < -0.4 is 4.74 Å². The fraction of sp³-hybridized carbons (Fsp3) is 0.0500. The Kier molecular flexibility index (Phi) is 4.46. The number of hydrogen-bond acceptors (Lipinski definition) is 7. The maximum atomic E-state index is 13.2. The van der Waals surface area contributed by atoms with Crippen LogP contribution in [-0.4, -0.2) is 35.3 Å². The van der Waals surface area contributed by atoms with Crippen molar-refractivity contribution in [1.29, 1.82) is 0 Å². The zero-order chi connectivity index (χ0) is 20.9. The molecule has 0 N–H and O–H groups in total. The number of fused-ring (bicyclic) bond motifs is 3. The predicted molar refractivity (Wildman–Crippen MR) is 115 cm³/mol.